The van der Waals surface area contributed by atoms with E-state index < -0.39 is 17.7 Å². The molecular weight excluding hydrogens is 332 g/mol. The fourth-order valence-electron chi connectivity index (χ4n) is 2.52. The summed E-state index contributed by atoms with van der Waals surface area (Å²) >= 11 is 1.46. The Balaban J connectivity index is 1.69. The second-order valence-electron chi connectivity index (χ2n) is 5.26. The van der Waals surface area contributed by atoms with Crippen molar-refractivity contribution in [2.75, 3.05) is 5.32 Å². The third kappa shape index (κ3) is 2.61. The summed E-state index contributed by atoms with van der Waals surface area (Å²) in [5.74, 6) is -0.824. The summed E-state index contributed by atoms with van der Waals surface area (Å²) in [6.07, 6.45) is 2.02. The van der Waals surface area contributed by atoms with Gasteiger partial charge in [0, 0.05) is 28.9 Å². The molecule has 0 radical (unpaired) electrons. The Morgan fingerprint density at radius 3 is 2.71 bits per heavy atom. The van der Waals surface area contributed by atoms with Gasteiger partial charge < -0.3 is 10.4 Å². The molecule has 1 unspecified atom stereocenters. The summed E-state index contributed by atoms with van der Waals surface area (Å²) in [7, 11) is 0. The van der Waals surface area contributed by atoms with Crippen LogP contribution in [0.25, 0.3) is 0 Å². The van der Waals surface area contributed by atoms with Crippen molar-refractivity contribution in [2.24, 2.45) is 0 Å². The zero-order chi connectivity index (χ0) is 16.7. The lowest BCUT2D eigenvalue weighted by atomic mass is 10.0. The van der Waals surface area contributed by atoms with Crippen LogP contribution < -0.4 is 5.32 Å². The van der Waals surface area contributed by atoms with E-state index in [1.54, 1.807) is 24.5 Å². The molecule has 1 aromatic heterocycles. The summed E-state index contributed by atoms with van der Waals surface area (Å²) in [4.78, 5) is 9.39. The molecule has 2 aromatic carbocycles. The maximum Gasteiger partial charge on any atom is 0.163 e. The minimum Gasteiger partial charge on any atom is -0.384 e. The summed E-state index contributed by atoms with van der Waals surface area (Å²) in [6, 6.07) is 8.40. The van der Waals surface area contributed by atoms with Gasteiger partial charge in [0.15, 0.2) is 5.82 Å². The van der Waals surface area contributed by atoms with Crippen molar-refractivity contribution < 1.29 is 13.9 Å². The first-order valence-electron chi connectivity index (χ1n) is 7.14. The molecule has 0 saturated heterocycles. The Morgan fingerprint density at radius 1 is 1.04 bits per heavy atom. The van der Waals surface area contributed by atoms with E-state index >= 15 is 0 Å². The van der Waals surface area contributed by atoms with E-state index in [1.165, 1.54) is 17.8 Å². The van der Waals surface area contributed by atoms with E-state index in [1.807, 2.05) is 6.07 Å². The first kappa shape index (κ1) is 15.0. The lowest BCUT2D eigenvalue weighted by Crippen LogP contribution is -2.07. The fourth-order valence-corrected chi connectivity index (χ4v) is 3.40. The number of benzene rings is 2. The van der Waals surface area contributed by atoms with E-state index in [-0.39, 0.29) is 5.56 Å². The van der Waals surface area contributed by atoms with Gasteiger partial charge in [0.2, 0.25) is 0 Å². The van der Waals surface area contributed by atoms with Crippen LogP contribution >= 0.6 is 11.8 Å². The molecule has 1 aliphatic heterocycles. The highest BCUT2D eigenvalue weighted by Gasteiger charge is 2.21. The monoisotopic (exact) mass is 343 g/mol. The standard InChI is InChI=1S/C17H11F2N3OS/c18-10-2-3-11(12(19)8-10)15(23)9-1-4-14-13(7-9)22-16-17(24-14)21-6-5-20-16/h1-8,15,23H,(H,20,22). The second kappa shape index (κ2) is 5.85. The van der Waals surface area contributed by atoms with E-state index in [9.17, 15) is 13.9 Å². The van der Waals surface area contributed by atoms with Gasteiger partial charge in [-0.05, 0) is 23.8 Å². The number of aliphatic hydroxyl groups is 1. The maximum atomic E-state index is 13.9. The highest BCUT2D eigenvalue weighted by atomic mass is 32.2. The van der Waals surface area contributed by atoms with Crippen molar-refractivity contribution in [3.8, 4) is 0 Å². The lowest BCUT2D eigenvalue weighted by molar-refractivity contribution is 0.214. The largest absolute Gasteiger partial charge is 0.384 e. The first-order chi connectivity index (χ1) is 11.6. The fraction of sp³-hybridized carbons (Fsp3) is 0.0588. The van der Waals surface area contributed by atoms with Crippen molar-refractivity contribution in [2.45, 2.75) is 16.0 Å². The molecule has 1 atom stereocenters. The maximum absolute atomic E-state index is 13.9. The van der Waals surface area contributed by atoms with Gasteiger partial charge in [-0.25, -0.2) is 18.7 Å². The van der Waals surface area contributed by atoms with E-state index in [0.29, 0.717) is 11.4 Å². The zero-order valence-corrected chi connectivity index (χ0v) is 13.0. The highest BCUT2D eigenvalue weighted by molar-refractivity contribution is 7.99. The molecule has 4 rings (SSSR count). The number of fused-ring (bicyclic) bond motifs is 2. The third-order valence-electron chi connectivity index (χ3n) is 3.70. The van der Waals surface area contributed by atoms with Gasteiger partial charge in [-0.2, -0.15) is 0 Å². The molecule has 4 nitrogen and oxygen atoms in total. The molecule has 0 amide bonds. The number of aromatic nitrogens is 2. The SMILES string of the molecule is OC(c1ccc2c(c1)Nc1nccnc1S2)c1ccc(F)cc1F. The minimum absolute atomic E-state index is 0.0278. The number of nitrogens with one attached hydrogen (secondary N) is 1. The predicted molar refractivity (Wildman–Crippen MR) is 86.3 cm³/mol. The number of anilines is 2. The quantitative estimate of drug-likeness (QED) is 0.575. The number of hydrogen-bond acceptors (Lipinski definition) is 5. The van der Waals surface area contributed by atoms with Gasteiger partial charge in [0.1, 0.15) is 22.8 Å². The number of hydrogen-bond donors (Lipinski definition) is 2. The molecule has 24 heavy (non-hydrogen) atoms. The number of nitrogens with zero attached hydrogens (tertiary/aromatic N) is 2. The van der Waals surface area contributed by atoms with Crippen LogP contribution in [-0.4, -0.2) is 15.1 Å². The number of aliphatic hydroxyl groups excluding tert-OH is 1. The highest BCUT2D eigenvalue weighted by Crippen LogP contribution is 2.43. The van der Waals surface area contributed by atoms with E-state index in [2.05, 4.69) is 15.3 Å². The van der Waals surface area contributed by atoms with Crippen molar-refractivity contribution in [1.29, 1.82) is 0 Å². The van der Waals surface area contributed by atoms with Crippen molar-refractivity contribution >= 4 is 23.3 Å². The molecule has 7 heteroatoms. The topological polar surface area (TPSA) is 58.0 Å². The zero-order valence-electron chi connectivity index (χ0n) is 12.2. The molecule has 0 fully saturated rings. The summed E-state index contributed by atoms with van der Waals surface area (Å²) < 4.78 is 26.9. The predicted octanol–water partition coefficient (Wildman–Crippen LogP) is 4.04. The Bertz CT molecular complexity index is 935. The third-order valence-corrected chi connectivity index (χ3v) is 4.77. The van der Waals surface area contributed by atoms with Gasteiger partial charge in [-0.15, -0.1) is 0 Å². The van der Waals surface area contributed by atoms with Crippen LogP contribution in [-0.2, 0) is 0 Å². The summed E-state index contributed by atoms with van der Waals surface area (Å²) in [5.41, 5.74) is 1.28. The normalized spacial score (nSPS) is 13.6. The molecule has 120 valence electrons. The van der Waals surface area contributed by atoms with Crippen LogP contribution in [0.15, 0.2) is 58.7 Å². The Kier molecular flexibility index (Phi) is 3.66. The Morgan fingerprint density at radius 2 is 1.88 bits per heavy atom. The molecule has 0 spiro atoms. The molecule has 3 aromatic rings. The van der Waals surface area contributed by atoms with Crippen LogP contribution in [0.2, 0.25) is 0 Å². The molecule has 0 saturated carbocycles. The molecule has 1 aliphatic rings. The van der Waals surface area contributed by atoms with Crippen molar-refractivity contribution in [3.05, 3.63) is 71.6 Å². The summed E-state index contributed by atoms with van der Waals surface area (Å²) in [5, 5.41) is 14.4. The molecule has 0 bridgehead atoms. The van der Waals surface area contributed by atoms with Gasteiger partial charge in [0.05, 0.1) is 5.69 Å². The van der Waals surface area contributed by atoms with Crippen LogP contribution in [0.3, 0.4) is 0 Å². The lowest BCUT2D eigenvalue weighted by Gasteiger charge is -2.21. The molecule has 0 aliphatic carbocycles. The van der Waals surface area contributed by atoms with Crippen LogP contribution in [0, 0.1) is 11.6 Å². The summed E-state index contributed by atoms with van der Waals surface area (Å²) in [6.45, 7) is 0. The van der Waals surface area contributed by atoms with Crippen molar-refractivity contribution in [1.82, 2.24) is 9.97 Å². The molecule has 2 heterocycles. The van der Waals surface area contributed by atoms with Gasteiger partial charge >= 0.3 is 0 Å². The van der Waals surface area contributed by atoms with Crippen LogP contribution in [0.5, 0.6) is 0 Å². The molecule has 2 N–H and O–H groups in total. The second-order valence-corrected chi connectivity index (χ2v) is 6.29. The Labute approximate surface area is 140 Å². The van der Waals surface area contributed by atoms with Gasteiger partial charge in [-0.3, -0.25) is 0 Å². The van der Waals surface area contributed by atoms with Gasteiger partial charge in [-0.1, -0.05) is 23.9 Å². The smallest absolute Gasteiger partial charge is 0.163 e. The van der Waals surface area contributed by atoms with Gasteiger partial charge in [0.25, 0.3) is 0 Å². The average molecular weight is 343 g/mol. The number of halogens is 2. The average Bonchev–Trinajstić information content (AvgIpc) is 2.59. The van der Waals surface area contributed by atoms with Crippen LogP contribution in [0.1, 0.15) is 17.2 Å². The first-order valence-corrected chi connectivity index (χ1v) is 7.96. The molecular formula is C17H11F2N3OS. The number of rotatable bonds is 2. The minimum atomic E-state index is -1.19. The van der Waals surface area contributed by atoms with Crippen LogP contribution in [0.4, 0.5) is 20.3 Å². The van der Waals surface area contributed by atoms with E-state index in [0.717, 1.165) is 27.7 Å². The van der Waals surface area contributed by atoms with E-state index in [4.69, 9.17) is 0 Å². The van der Waals surface area contributed by atoms with Crippen molar-refractivity contribution in [3.63, 3.8) is 0 Å². The Hall–Kier alpha value is -2.51.